The van der Waals surface area contributed by atoms with Gasteiger partial charge in [0.25, 0.3) is 0 Å². The third kappa shape index (κ3) is 2.30. The van der Waals surface area contributed by atoms with Crippen LogP contribution in [0.25, 0.3) is 10.9 Å². The molecule has 0 aliphatic heterocycles. The molecule has 1 aliphatic rings. The molecule has 19 heavy (non-hydrogen) atoms. The second-order valence-electron chi connectivity index (χ2n) is 6.61. The summed E-state index contributed by atoms with van der Waals surface area (Å²) in [6, 6.07) is 9.20. The molecule has 1 atom stereocenters. The Bertz CT molecular complexity index is 580. The van der Waals surface area contributed by atoms with Gasteiger partial charge in [0.05, 0.1) is 0 Å². The van der Waals surface area contributed by atoms with Gasteiger partial charge < -0.3 is 10.3 Å². The zero-order valence-electron chi connectivity index (χ0n) is 12.2. The first-order chi connectivity index (χ1) is 9.11. The molecule has 102 valence electrons. The number of rotatable bonds is 3. The topological polar surface area (TPSA) is 27.8 Å². The summed E-state index contributed by atoms with van der Waals surface area (Å²) in [5, 5.41) is 5.15. The molecule has 1 aromatic heterocycles. The van der Waals surface area contributed by atoms with E-state index in [1.807, 2.05) is 0 Å². The molecule has 0 saturated heterocycles. The number of benzene rings is 1. The summed E-state index contributed by atoms with van der Waals surface area (Å²) in [6.07, 6.45) is 3.57. The first kappa shape index (κ1) is 12.7. The molecule has 0 radical (unpaired) electrons. The molecular formula is C17H24N2. The number of nitrogens with one attached hydrogen (secondary N) is 2. The number of H-pyrrole nitrogens is 1. The van der Waals surface area contributed by atoms with E-state index in [2.05, 4.69) is 55.3 Å². The lowest BCUT2D eigenvalue weighted by Crippen LogP contribution is -2.33. The molecule has 2 heteroatoms. The second kappa shape index (κ2) is 4.68. The molecular weight excluding hydrogens is 232 g/mol. The second-order valence-corrected chi connectivity index (χ2v) is 6.61. The molecule has 1 aliphatic carbocycles. The van der Waals surface area contributed by atoms with Crippen LogP contribution < -0.4 is 5.32 Å². The van der Waals surface area contributed by atoms with E-state index < -0.39 is 0 Å². The van der Waals surface area contributed by atoms with Crippen LogP contribution >= 0.6 is 0 Å². The summed E-state index contributed by atoms with van der Waals surface area (Å²) in [4.78, 5) is 3.64. The number of para-hydroxylation sites is 1. The van der Waals surface area contributed by atoms with Gasteiger partial charge in [-0.25, -0.2) is 0 Å². The van der Waals surface area contributed by atoms with E-state index in [0.29, 0.717) is 11.5 Å². The van der Waals surface area contributed by atoms with Crippen LogP contribution in [0.2, 0.25) is 0 Å². The van der Waals surface area contributed by atoms with E-state index in [4.69, 9.17) is 0 Å². The largest absolute Gasteiger partial charge is 0.358 e. The van der Waals surface area contributed by atoms with Crippen LogP contribution in [0.3, 0.4) is 0 Å². The normalized spacial score (nSPS) is 21.5. The fourth-order valence-corrected chi connectivity index (χ4v) is 3.46. The zero-order chi connectivity index (χ0) is 13.5. The van der Waals surface area contributed by atoms with Crippen LogP contribution in [-0.4, -0.2) is 11.5 Å². The van der Waals surface area contributed by atoms with Gasteiger partial charge in [0, 0.05) is 22.6 Å². The minimum Gasteiger partial charge on any atom is -0.358 e. The van der Waals surface area contributed by atoms with Crippen LogP contribution in [0.1, 0.15) is 50.9 Å². The number of fused-ring (bicyclic) bond motifs is 3. The highest BCUT2D eigenvalue weighted by molar-refractivity contribution is 5.85. The smallest absolute Gasteiger partial charge is 0.0459 e. The molecule has 0 fully saturated rings. The minimum atomic E-state index is 0.374. The fraction of sp³-hybridized carbons (Fsp3) is 0.529. The lowest BCUT2D eigenvalue weighted by molar-refractivity contribution is 0.257. The van der Waals surface area contributed by atoms with Crippen molar-refractivity contribution in [2.24, 2.45) is 5.41 Å². The van der Waals surface area contributed by atoms with Crippen LogP contribution in [0.4, 0.5) is 0 Å². The standard InChI is InChI=1S/C17H24N2/c1-4-9-18-14-10-17(2,3)11-15-16(14)12-7-5-6-8-13(12)19-15/h5-8,14,18-19H,4,9-11H2,1-3H3. The van der Waals surface area contributed by atoms with Gasteiger partial charge in [-0.3, -0.25) is 0 Å². The van der Waals surface area contributed by atoms with Gasteiger partial charge in [0.1, 0.15) is 0 Å². The predicted octanol–water partition coefficient (Wildman–Crippen LogP) is 4.18. The first-order valence-corrected chi connectivity index (χ1v) is 7.43. The molecule has 2 aromatic rings. The SMILES string of the molecule is CCCNC1CC(C)(C)Cc2[nH]c3ccccc3c21. The summed E-state index contributed by atoms with van der Waals surface area (Å²) in [5.74, 6) is 0. The van der Waals surface area contributed by atoms with Crippen molar-refractivity contribution in [1.29, 1.82) is 0 Å². The monoisotopic (exact) mass is 256 g/mol. The van der Waals surface area contributed by atoms with Crippen LogP contribution in [0.5, 0.6) is 0 Å². The van der Waals surface area contributed by atoms with E-state index >= 15 is 0 Å². The average Bonchev–Trinajstić information content (AvgIpc) is 2.72. The van der Waals surface area contributed by atoms with Gasteiger partial charge in [-0.1, -0.05) is 39.0 Å². The van der Waals surface area contributed by atoms with E-state index in [9.17, 15) is 0 Å². The molecule has 1 aromatic carbocycles. The highest BCUT2D eigenvalue weighted by Gasteiger charge is 2.34. The zero-order valence-corrected chi connectivity index (χ0v) is 12.2. The van der Waals surface area contributed by atoms with Crippen molar-refractivity contribution < 1.29 is 0 Å². The third-order valence-electron chi connectivity index (χ3n) is 4.23. The van der Waals surface area contributed by atoms with E-state index in [1.54, 1.807) is 0 Å². The van der Waals surface area contributed by atoms with Crippen LogP contribution in [-0.2, 0) is 6.42 Å². The maximum absolute atomic E-state index is 3.74. The third-order valence-corrected chi connectivity index (χ3v) is 4.23. The summed E-state index contributed by atoms with van der Waals surface area (Å²) >= 11 is 0. The van der Waals surface area contributed by atoms with Crippen LogP contribution in [0.15, 0.2) is 24.3 Å². The highest BCUT2D eigenvalue weighted by Crippen LogP contribution is 2.43. The van der Waals surface area contributed by atoms with E-state index in [0.717, 1.165) is 13.0 Å². The van der Waals surface area contributed by atoms with Gasteiger partial charge in [-0.05, 0) is 42.9 Å². The highest BCUT2D eigenvalue weighted by atomic mass is 14.9. The lowest BCUT2D eigenvalue weighted by atomic mass is 9.74. The summed E-state index contributed by atoms with van der Waals surface area (Å²) in [7, 11) is 0. The Morgan fingerprint density at radius 1 is 1.32 bits per heavy atom. The Balaban J connectivity index is 2.08. The van der Waals surface area contributed by atoms with Crippen molar-refractivity contribution in [2.45, 2.75) is 46.1 Å². The van der Waals surface area contributed by atoms with Gasteiger partial charge in [-0.15, -0.1) is 0 Å². The average molecular weight is 256 g/mol. The number of hydrogen-bond donors (Lipinski definition) is 2. The van der Waals surface area contributed by atoms with Crippen molar-refractivity contribution >= 4 is 10.9 Å². The Kier molecular flexibility index (Phi) is 3.14. The number of aromatic amines is 1. The molecule has 2 N–H and O–H groups in total. The van der Waals surface area contributed by atoms with Gasteiger partial charge in [0.15, 0.2) is 0 Å². The maximum Gasteiger partial charge on any atom is 0.0459 e. The molecule has 3 rings (SSSR count). The summed E-state index contributed by atoms with van der Waals surface area (Å²) in [5.41, 5.74) is 4.61. The minimum absolute atomic E-state index is 0.374. The predicted molar refractivity (Wildman–Crippen MR) is 81.4 cm³/mol. The summed E-state index contributed by atoms with van der Waals surface area (Å²) in [6.45, 7) is 8.08. The van der Waals surface area contributed by atoms with E-state index in [-0.39, 0.29) is 0 Å². The lowest BCUT2D eigenvalue weighted by Gasteiger charge is -2.36. The van der Waals surface area contributed by atoms with E-state index in [1.165, 1.54) is 35.0 Å². The van der Waals surface area contributed by atoms with Gasteiger partial charge in [0.2, 0.25) is 0 Å². The van der Waals surface area contributed by atoms with Crippen molar-refractivity contribution in [3.63, 3.8) is 0 Å². The Hall–Kier alpha value is -1.28. The molecule has 0 saturated carbocycles. The number of aromatic nitrogens is 1. The Morgan fingerprint density at radius 3 is 2.89 bits per heavy atom. The first-order valence-electron chi connectivity index (χ1n) is 7.43. The number of hydrogen-bond acceptors (Lipinski definition) is 1. The molecule has 1 unspecified atom stereocenters. The van der Waals surface area contributed by atoms with Crippen molar-refractivity contribution in [1.82, 2.24) is 10.3 Å². The molecule has 0 amide bonds. The maximum atomic E-state index is 3.74. The molecule has 2 nitrogen and oxygen atoms in total. The van der Waals surface area contributed by atoms with Crippen molar-refractivity contribution in [2.75, 3.05) is 6.54 Å². The fourth-order valence-electron chi connectivity index (χ4n) is 3.46. The van der Waals surface area contributed by atoms with Crippen molar-refractivity contribution in [3.05, 3.63) is 35.5 Å². The quantitative estimate of drug-likeness (QED) is 0.847. The Labute approximate surface area is 115 Å². The van der Waals surface area contributed by atoms with Crippen molar-refractivity contribution in [3.8, 4) is 0 Å². The molecule has 0 bridgehead atoms. The molecule has 0 spiro atoms. The Morgan fingerprint density at radius 2 is 2.11 bits per heavy atom. The van der Waals surface area contributed by atoms with Gasteiger partial charge >= 0.3 is 0 Å². The van der Waals surface area contributed by atoms with Crippen LogP contribution in [0, 0.1) is 5.41 Å². The molecule has 1 heterocycles. The summed E-state index contributed by atoms with van der Waals surface area (Å²) < 4.78 is 0. The van der Waals surface area contributed by atoms with Gasteiger partial charge in [-0.2, -0.15) is 0 Å².